The molecule has 3 saturated carbocycles. The summed E-state index contributed by atoms with van der Waals surface area (Å²) in [4.78, 5) is 0.437. The fraction of sp³-hybridized carbons (Fsp3) is 0.714. The molecule has 0 spiro atoms. The first-order chi connectivity index (χ1) is 15.6. The summed E-state index contributed by atoms with van der Waals surface area (Å²) >= 11 is 0. The van der Waals surface area contributed by atoms with E-state index in [9.17, 15) is 18.6 Å². The molecule has 4 nitrogen and oxygen atoms in total. The van der Waals surface area contributed by atoms with E-state index >= 15 is 0 Å². The Kier molecular flexibility index (Phi) is 5.86. The van der Waals surface area contributed by atoms with Gasteiger partial charge in [0.25, 0.3) is 0 Å². The summed E-state index contributed by atoms with van der Waals surface area (Å²) in [5.74, 6) is 2.35. The van der Waals surface area contributed by atoms with E-state index in [0.717, 1.165) is 32.1 Å². The molecule has 0 aromatic heterocycles. The summed E-state index contributed by atoms with van der Waals surface area (Å²) in [6.07, 6.45) is 8.13. The first kappa shape index (κ1) is 23.6. The van der Waals surface area contributed by atoms with Crippen LogP contribution in [0.4, 0.5) is 0 Å². The first-order valence-electron chi connectivity index (χ1n) is 12.9. The van der Waals surface area contributed by atoms with Gasteiger partial charge in [-0.05, 0) is 85.7 Å². The monoisotopic (exact) mass is 472 g/mol. The Morgan fingerprint density at radius 1 is 1.06 bits per heavy atom. The minimum atomic E-state index is -3.29. The number of aliphatic hydroxyl groups is 2. The molecular weight excluding hydrogens is 432 g/mol. The number of aliphatic hydroxyl groups excluding tert-OH is 2. The molecule has 2 N–H and O–H groups in total. The third-order valence-corrected chi connectivity index (χ3v) is 12.5. The van der Waals surface area contributed by atoms with Crippen LogP contribution < -0.4 is 0 Å². The van der Waals surface area contributed by atoms with Gasteiger partial charge in [0.2, 0.25) is 0 Å². The van der Waals surface area contributed by atoms with Gasteiger partial charge in [0.15, 0.2) is 9.84 Å². The maximum atomic E-state index is 13.1. The standard InChI is InChI=1S/C28H40O4S/c1-18(17-33(31,32)21-7-5-4-6-8-21)23-11-12-24-22-10-9-19-15-20(29)16-26(30)28(19,3)25(22)13-14-27(23,24)2/h4-9,18,20,22-26,29-30H,10-17H2,1-3H3/t18-,20?,22+,23-,24+,25+,26?,27-,28+/m1/s1. The number of hydrogen-bond acceptors (Lipinski definition) is 4. The zero-order valence-corrected chi connectivity index (χ0v) is 21.1. The third-order valence-electron chi connectivity index (χ3n) is 10.5. The van der Waals surface area contributed by atoms with E-state index in [1.165, 1.54) is 5.57 Å². The molecule has 0 saturated heterocycles. The smallest absolute Gasteiger partial charge is 0.178 e. The van der Waals surface area contributed by atoms with Crippen molar-refractivity contribution in [2.24, 2.45) is 40.4 Å². The Balaban J connectivity index is 1.38. The van der Waals surface area contributed by atoms with Crippen LogP contribution >= 0.6 is 0 Å². The summed E-state index contributed by atoms with van der Waals surface area (Å²) in [6.45, 7) is 6.83. The average Bonchev–Trinajstić information content (AvgIpc) is 3.12. The van der Waals surface area contributed by atoms with Crippen LogP contribution in [0.25, 0.3) is 0 Å². The van der Waals surface area contributed by atoms with Crippen LogP contribution in [-0.4, -0.2) is 36.6 Å². The molecule has 4 aliphatic rings. The quantitative estimate of drug-likeness (QED) is 0.604. The van der Waals surface area contributed by atoms with Crippen LogP contribution in [0.2, 0.25) is 0 Å². The molecule has 0 heterocycles. The molecule has 4 aliphatic carbocycles. The van der Waals surface area contributed by atoms with Crippen molar-refractivity contribution in [3.63, 3.8) is 0 Å². The topological polar surface area (TPSA) is 74.6 Å². The number of rotatable bonds is 4. The van der Waals surface area contributed by atoms with Crippen LogP contribution in [0, 0.1) is 40.4 Å². The van der Waals surface area contributed by atoms with Crippen LogP contribution in [0.1, 0.15) is 65.7 Å². The van der Waals surface area contributed by atoms with E-state index in [1.807, 2.05) is 6.07 Å². The summed E-state index contributed by atoms with van der Waals surface area (Å²) in [6, 6.07) is 8.89. The number of benzene rings is 1. The van der Waals surface area contributed by atoms with Crippen molar-refractivity contribution < 1.29 is 18.6 Å². The second kappa shape index (κ2) is 8.20. The third kappa shape index (κ3) is 3.65. The number of sulfone groups is 1. The van der Waals surface area contributed by atoms with Crippen molar-refractivity contribution in [1.82, 2.24) is 0 Å². The molecule has 1 aromatic rings. The molecule has 0 radical (unpaired) electrons. The first-order valence-corrected chi connectivity index (χ1v) is 14.6. The average molecular weight is 473 g/mol. The lowest BCUT2D eigenvalue weighted by Crippen LogP contribution is -2.55. The minimum Gasteiger partial charge on any atom is -0.393 e. The number of hydrogen-bond donors (Lipinski definition) is 2. The van der Waals surface area contributed by atoms with Crippen molar-refractivity contribution in [3.8, 4) is 0 Å². The maximum Gasteiger partial charge on any atom is 0.178 e. The van der Waals surface area contributed by atoms with Gasteiger partial charge in [-0.2, -0.15) is 0 Å². The molecule has 33 heavy (non-hydrogen) atoms. The van der Waals surface area contributed by atoms with Gasteiger partial charge < -0.3 is 10.2 Å². The van der Waals surface area contributed by atoms with E-state index in [0.29, 0.717) is 41.4 Å². The highest BCUT2D eigenvalue weighted by Gasteiger charge is 2.61. The van der Waals surface area contributed by atoms with Gasteiger partial charge in [0, 0.05) is 11.8 Å². The van der Waals surface area contributed by atoms with Crippen molar-refractivity contribution in [1.29, 1.82) is 0 Å². The molecule has 0 aliphatic heterocycles. The predicted octanol–water partition coefficient (Wildman–Crippen LogP) is 5.01. The van der Waals surface area contributed by atoms with Gasteiger partial charge >= 0.3 is 0 Å². The number of fused-ring (bicyclic) bond motifs is 5. The van der Waals surface area contributed by atoms with E-state index in [2.05, 4.69) is 26.8 Å². The number of allylic oxidation sites excluding steroid dienone is 1. The van der Waals surface area contributed by atoms with Crippen LogP contribution in [-0.2, 0) is 9.84 Å². The lowest BCUT2D eigenvalue weighted by Gasteiger charge is -2.59. The fourth-order valence-electron chi connectivity index (χ4n) is 8.86. The van der Waals surface area contributed by atoms with Gasteiger partial charge in [-0.15, -0.1) is 0 Å². The van der Waals surface area contributed by atoms with E-state index in [1.54, 1.807) is 24.3 Å². The van der Waals surface area contributed by atoms with E-state index in [-0.39, 0.29) is 22.5 Å². The summed E-state index contributed by atoms with van der Waals surface area (Å²) < 4.78 is 26.2. The van der Waals surface area contributed by atoms with Crippen molar-refractivity contribution in [3.05, 3.63) is 42.0 Å². The lowest BCUT2D eigenvalue weighted by molar-refractivity contribution is -0.107. The van der Waals surface area contributed by atoms with E-state index < -0.39 is 22.0 Å². The predicted molar refractivity (Wildman–Crippen MR) is 130 cm³/mol. The highest BCUT2D eigenvalue weighted by Crippen LogP contribution is 2.67. The van der Waals surface area contributed by atoms with Crippen molar-refractivity contribution in [2.45, 2.75) is 82.8 Å². The zero-order valence-electron chi connectivity index (χ0n) is 20.3. The molecule has 9 atom stereocenters. The largest absolute Gasteiger partial charge is 0.393 e. The molecular formula is C28H40O4S. The fourth-order valence-corrected chi connectivity index (χ4v) is 10.6. The Labute approximate surface area is 199 Å². The normalized spacial score (nSPS) is 43.7. The highest BCUT2D eigenvalue weighted by atomic mass is 32.2. The Morgan fingerprint density at radius 3 is 2.52 bits per heavy atom. The van der Waals surface area contributed by atoms with Crippen LogP contribution in [0.3, 0.4) is 0 Å². The summed E-state index contributed by atoms with van der Waals surface area (Å²) in [5.41, 5.74) is 1.22. The molecule has 0 bridgehead atoms. The molecule has 5 heteroatoms. The molecule has 3 fully saturated rings. The Bertz CT molecular complexity index is 1020. The van der Waals surface area contributed by atoms with E-state index in [4.69, 9.17) is 0 Å². The van der Waals surface area contributed by atoms with Gasteiger partial charge in [-0.3, -0.25) is 0 Å². The molecule has 2 unspecified atom stereocenters. The molecule has 5 rings (SSSR count). The lowest BCUT2D eigenvalue weighted by atomic mass is 9.46. The second-order valence-electron chi connectivity index (χ2n) is 12.0. The van der Waals surface area contributed by atoms with Crippen LogP contribution in [0.5, 0.6) is 0 Å². The SMILES string of the molecule is C[C@H](CS(=O)(=O)c1ccccc1)[C@H]1CC[C@H]2[C@@H]3CC=C4CC(O)CC(O)[C@]4(C)[C@H]3CC[C@]12C. The van der Waals surface area contributed by atoms with Gasteiger partial charge in [-0.25, -0.2) is 8.42 Å². The second-order valence-corrected chi connectivity index (χ2v) is 14.1. The Morgan fingerprint density at radius 2 is 1.79 bits per heavy atom. The van der Waals surface area contributed by atoms with Crippen molar-refractivity contribution in [2.75, 3.05) is 5.75 Å². The Hall–Kier alpha value is -1.17. The summed E-state index contributed by atoms with van der Waals surface area (Å²) in [7, 11) is -3.29. The molecule has 182 valence electrons. The molecule has 1 aromatic carbocycles. The van der Waals surface area contributed by atoms with Crippen LogP contribution in [0.15, 0.2) is 46.9 Å². The van der Waals surface area contributed by atoms with Gasteiger partial charge in [0.05, 0.1) is 22.9 Å². The highest BCUT2D eigenvalue weighted by molar-refractivity contribution is 7.91. The van der Waals surface area contributed by atoms with Crippen molar-refractivity contribution >= 4 is 9.84 Å². The minimum absolute atomic E-state index is 0.127. The maximum absolute atomic E-state index is 13.1. The van der Waals surface area contributed by atoms with Gasteiger partial charge in [-0.1, -0.05) is 50.6 Å². The summed E-state index contributed by atoms with van der Waals surface area (Å²) in [5, 5.41) is 21.3. The van der Waals surface area contributed by atoms with Gasteiger partial charge in [0.1, 0.15) is 0 Å². The molecule has 0 amide bonds. The zero-order chi connectivity index (χ0) is 23.6.